The molecule has 0 spiro atoms. The lowest BCUT2D eigenvalue weighted by Gasteiger charge is -2.11. The van der Waals surface area contributed by atoms with Crippen molar-refractivity contribution in [2.45, 2.75) is 11.8 Å². The van der Waals surface area contributed by atoms with E-state index >= 15 is 0 Å². The average Bonchev–Trinajstić information content (AvgIpc) is 2.27. The van der Waals surface area contributed by atoms with Gasteiger partial charge in [0, 0.05) is 4.90 Å². The summed E-state index contributed by atoms with van der Waals surface area (Å²) in [6, 6.07) is 5.91. The van der Waals surface area contributed by atoms with Crippen LogP contribution < -0.4 is 9.47 Å². The van der Waals surface area contributed by atoms with Crippen LogP contribution in [-0.4, -0.2) is 20.0 Å². The fraction of sp³-hybridized carbons (Fsp3) is 0.364. The molecule has 0 saturated carbocycles. The second-order valence-corrected chi connectivity index (χ2v) is 3.94. The molecule has 0 radical (unpaired) electrons. The van der Waals surface area contributed by atoms with Crippen LogP contribution in [0.4, 0.5) is 0 Å². The molecule has 0 bridgehead atoms. The Morgan fingerprint density at radius 2 is 1.87 bits per heavy atom. The Hall–Kier alpha value is -1.34. The van der Waals surface area contributed by atoms with E-state index in [0.717, 1.165) is 16.2 Å². The molecular weight excluding hydrogens is 210 g/mol. The Morgan fingerprint density at radius 3 is 2.40 bits per heavy atom. The van der Waals surface area contributed by atoms with Gasteiger partial charge < -0.3 is 9.47 Å². The zero-order chi connectivity index (χ0) is 11.3. The van der Waals surface area contributed by atoms with E-state index in [4.69, 9.17) is 14.7 Å². The summed E-state index contributed by atoms with van der Waals surface area (Å²) >= 11 is 1.50. The number of aryl methyl sites for hydroxylation is 1. The van der Waals surface area contributed by atoms with Crippen molar-refractivity contribution in [1.82, 2.24) is 0 Å². The highest BCUT2D eigenvalue weighted by molar-refractivity contribution is 7.99. The van der Waals surface area contributed by atoms with E-state index in [0.29, 0.717) is 11.5 Å². The molecule has 0 atom stereocenters. The molecule has 0 saturated heterocycles. The molecule has 0 heterocycles. The zero-order valence-electron chi connectivity index (χ0n) is 9.03. The summed E-state index contributed by atoms with van der Waals surface area (Å²) in [5.74, 6) is 1.86. The zero-order valence-corrected chi connectivity index (χ0v) is 9.85. The summed E-state index contributed by atoms with van der Waals surface area (Å²) in [6.45, 7) is 1.99. The van der Waals surface area contributed by atoms with E-state index in [1.807, 2.05) is 19.1 Å². The quantitative estimate of drug-likeness (QED) is 0.736. The van der Waals surface area contributed by atoms with Crippen LogP contribution >= 0.6 is 11.8 Å². The molecule has 1 aromatic rings. The molecule has 0 aromatic heterocycles. The molecule has 15 heavy (non-hydrogen) atoms. The standard InChI is InChI=1S/C11H13NO2S/c1-8-6-9(13-2)10(14-3)7-11(8)15-5-4-12/h6-7H,5H2,1-3H3. The smallest absolute Gasteiger partial charge is 0.161 e. The second kappa shape index (κ2) is 5.52. The molecule has 0 amide bonds. The van der Waals surface area contributed by atoms with Crippen molar-refractivity contribution in [2.75, 3.05) is 20.0 Å². The van der Waals surface area contributed by atoms with Crippen LogP contribution in [-0.2, 0) is 0 Å². The number of nitrogens with zero attached hydrogens (tertiary/aromatic N) is 1. The maximum absolute atomic E-state index is 8.52. The van der Waals surface area contributed by atoms with E-state index in [1.54, 1.807) is 14.2 Å². The molecule has 0 aliphatic heterocycles. The minimum absolute atomic E-state index is 0.441. The summed E-state index contributed by atoms with van der Waals surface area (Å²) in [4.78, 5) is 1.05. The van der Waals surface area contributed by atoms with Crippen molar-refractivity contribution in [3.63, 3.8) is 0 Å². The normalized spacial score (nSPS) is 9.47. The third kappa shape index (κ3) is 2.80. The number of thioether (sulfide) groups is 1. The predicted octanol–water partition coefficient (Wildman–Crippen LogP) is 2.63. The first kappa shape index (κ1) is 11.7. The molecule has 80 valence electrons. The van der Waals surface area contributed by atoms with Gasteiger partial charge in [-0.3, -0.25) is 0 Å². The summed E-state index contributed by atoms with van der Waals surface area (Å²) in [5.41, 5.74) is 1.09. The van der Waals surface area contributed by atoms with Crippen LogP contribution in [0.25, 0.3) is 0 Å². The fourth-order valence-corrected chi connectivity index (χ4v) is 1.92. The van der Waals surface area contributed by atoms with Gasteiger partial charge in [-0.15, -0.1) is 11.8 Å². The van der Waals surface area contributed by atoms with E-state index < -0.39 is 0 Å². The van der Waals surface area contributed by atoms with Crippen molar-refractivity contribution in [1.29, 1.82) is 5.26 Å². The van der Waals surface area contributed by atoms with Gasteiger partial charge in [0.15, 0.2) is 11.5 Å². The van der Waals surface area contributed by atoms with Gasteiger partial charge in [-0.25, -0.2) is 0 Å². The number of benzene rings is 1. The van der Waals surface area contributed by atoms with E-state index in [-0.39, 0.29) is 0 Å². The Balaban J connectivity index is 3.03. The Kier molecular flexibility index (Phi) is 4.32. The van der Waals surface area contributed by atoms with Gasteiger partial charge in [-0.1, -0.05) is 0 Å². The largest absolute Gasteiger partial charge is 0.493 e. The highest BCUT2D eigenvalue weighted by Crippen LogP contribution is 2.34. The fourth-order valence-electron chi connectivity index (χ4n) is 1.23. The molecule has 1 rings (SSSR count). The van der Waals surface area contributed by atoms with Crippen LogP contribution in [0.5, 0.6) is 11.5 Å². The molecule has 0 aliphatic carbocycles. The van der Waals surface area contributed by atoms with E-state index in [1.165, 1.54) is 11.8 Å². The SMILES string of the molecule is COc1cc(C)c(SCC#N)cc1OC. The molecule has 3 nitrogen and oxygen atoms in total. The molecule has 0 aliphatic rings. The van der Waals surface area contributed by atoms with Gasteiger partial charge >= 0.3 is 0 Å². The van der Waals surface area contributed by atoms with Crippen molar-refractivity contribution >= 4 is 11.8 Å². The molecule has 0 unspecified atom stereocenters. The number of hydrogen-bond donors (Lipinski definition) is 0. The molecular formula is C11H13NO2S. The summed E-state index contributed by atoms with van der Waals surface area (Å²) in [5, 5.41) is 8.52. The third-order valence-corrected chi connectivity index (χ3v) is 3.00. The average molecular weight is 223 g/mol. The first-order valence-corrected chi connectivity index (χ1v) is 5.44. The van der Waals surface area contributed by atoms with Crippen molar-refractivity contribution < 1.29 is 9.47 Å². The Morgan fingerprint density at radius 1 is 1.27 bits per heavy atom. The van der Waals surface area contributed by atoms with Crippen molar-refractivity contribution in [3.05, 3.63) is 17.7 Å². The van der Waals surface area contributed by atoms with Gasteiger partial charge in [0.05, 0.1) is 26.0 Å². The van der Waals surface area contributed by atoms with Gasteiger partial charge in [-0.2, -0.15) is 5.26 Å². The van der Waals surface area contributed by atoms with E-state index in [9.17, 15) is 0 Å². The Labute approximate surface area is 94.0 Å². The van der Waals surface area contributed by atoms with Gasteiger partial charge in [0.25, 0.3) is 0 Å². The van der Waals surface area contributed by atoms with Crippen LogP contribution in [0.2, 0.25) is 0 Å². The number of rotatable bonds is 4. The minimum Gasteiger partial charge on any atom is -0.493 e. The second-order valence-electron chi connectivity index (χ2n) is 2.92. The van der Waals surface area contributed by atoms with E-state index in [2.05, 4.69) is 6.07 Å². The van der Waals surface area contributed by atoms with Crippen LogP contribution in [0.1, 0.15) is 5.56 Å². The van der Waals surface area contributed by atoms with Crippen LogP contribution in [0, 0.1) is 18.3 Å². The van der Waals surface area contributed by atoms with Gasteiger partial charge in [-0.05, 0) is 24.6 Å². The molecule has 0 fully saturated rings. The van der Waals surface area contributed by atoms with Gasteiger partial charge in [0.1, 0.15) is 0 Å². The maximum Gasteiger partial charge on any atom is 0.161 e. The van der Waals surface area contributed by atoms with Gasteiger partial charge in [0.2, 0.25) is 0 Å². The van der Waals surface area contributed by atoms with Crippen LogP contribution in [0.15, 0.2) is 17.0 Å². The lowest BCUT2D eigenvalue weighted by Crippen LogP contribution is -1.92. The number of ether oxygens (including phenoxy) is 2. The molecule has 4 heteroatoms. The van der Waals surface area contributed by atoms with Crippen molar-refractivity contribution in [3.8, 4) is 17.6 Å². The van der Waals surface area contributed by atoms with Crippen molar-refractivity contribution in [2.24, 2.45) is 0 Å². The maximum atomic E-state index is 8.52. The predicted molar refractivity (Wildman–Crippen MR) is 60.6 cm³/mol. The molecule has 0 N–H and O–H groups in total. The first-order chi connectivity index (χ1) is 7.22. The third-order valence-electron chi connectivity index (χ3n) is 1.97. The first-order valence-electron chi connectivity index (χ1n) is 4.45. The number of methoxy groups -OCH3 is 2. The Bertz CT molecular complexity index is 385. The molecule has 1 aromatic carbocycles. The van der Waals surface area contributed by atoms with Crippen LogP contribution in [0.3, 0.4) is 0 Å². The summed E-state index contributed by atoms with van der Waals surface area (Å²) in [7, 11) is 3.21. The lowest BCUT2D eigenvalue weighted by atomic mass is 10.2. The minimum atomic E-state index is 0.441. The monoisotopic (exact) mass is 223 g/mol. The summed E-state index contributed by atoms with van der Waals surface area (Å²) < 4.78 is 10.4. The highest BCUT2D eigenvalue weighted by Gasteiger charge is 2.08. The lowest BCUT2D eigenvalue weighted by molar-refractivity contribution is 0.353. The highest BCUT2D eigenvalue weighted by atomic mass is 32.2. The number of nitriles is 1. The topological polar surface area (TPSA) is 42.2 Å². The number of hydrogen-bond acceptors (Lipinski definition) is 4. The summed E-state index contributed by atoms with van der Waals surface area (Å²) in [6.07, 6.45) is 0.